The Morgan fingerprint density at radius 1 is 1.00 bits per heavy atom. The van der Waals surface area contributed by atoms with Gasteiger partial charge in [-0.05, 0) is 43.0 Å². The van der Waals surface area contributed by atoms with Crippen molar-refractivity contribution in [1.82, 2.24) is 9.97 Å². The molecule has 158 valence electrons. The fourth-order valence-electron chi connectivity index (χ4n) is 4.91. The van der Waals surface area contributed by atoms with Crippen molar-refractivity contribution in [2.75, 3.05) is 0 Å². The van der Waals surface area contributed by atoms with Crippen LogP contribution in [0.15, 0.2) is 60.2 Å². The molecule has 1 aromatic heterocycles. The quantitative estimate of drug-likeness (QED) is 0.549. The van der Waals surface area contributed by atoms with Crippen molar-refractivity contribution in [2.45, 2.75) is 25.7 Å². The molecule has 2 aliphatic carbocycles. The Kier molecular flexibility index (Phi) is 4.90. The molecule has 1 heterocycles. The molecule has 0 saturated heterocycles. The molecule has 32 heavy (non-hydrogen) atoms. The Labute approximate surface area is 184 Å². The van der Waals surface area contributed by atoms with E-state index >= 15 is 0 Å². The highest BCUT2D eigenvalue weighted by atomic mass is 19.1. The lowest BCUT2D eigenvalue weighted by atomic mass is 9.66. The highest BCUT2D eigenvalue weighted by Gasteiger charge is 2.42. The van der Waals surface area contributed by atoms with Gasteiger partial charge in [0.1, 0.15) is 17.7 Å². The molecule has 5 rings (SSSR count). The first-order chi connectivity index (χ1) is 15.5. The van der Waals surface area contributed by atoms with Crippen LogP contribution in [0.1, 0.15) is 30.5 Å². The number of hydrogen-bond donors (Lipinski definition) is 0. The van der Waals surface area contributed by atoms with Crippen LogP contribution in [-0.4, -0.2) is 15.8 Å². The molecule has 2 aromatic carbocycles. The third-order valence-corrected chi connectivity index (χ3v) is 6.58. The molecule has 0 fully saturated rings. The van der Waals surface area contributed by atoms with E-state index in [0.717, 1.165) is 5.56 Å². The van der Waals surface area contributed by atoms with E-state index in [2.05, 4.69) is 4.98 Å². The van der Waals surface area contributed by atoms with E-state index < -0.39 is 11.6 Å². The number of carbonyl (C=O) groups is 1. The molecule has 0 aliphatic heterocycles. The van der Waals surface area contributed by atoms with Crippen LogP contribution < -0.4 is 0 Å². The molecular formula is C26H19F2N3O. The molecule has 6 heteroatoms. The Balaban J connectivity index is 1.80. The van der Waals surface area contributed by atoms with E-state index in [1.54, 1.807) is 42.5 Å². The summed E-state index contributed by atoms with van der Waals surface area (Å²) in [4.78, 5) is 21.9. The molecule has 2 aliphatic rings. The predicted molar refractivity (Wildman–Crippen MR) is 115 cm³/mol. The Morgan fingerprint density at radius 2 is 1.66 bits per heavy atom. The van der Waals surface area contributed by atoms with Crippen molar-refractivity contribution in [2.24, 2.45) is 11.8 Å². The average Bonchev–Trinajstić information content (AvgIpc) is 2.81. The van der Waals surface area contributed by atoms with Crippen molar-refractivity contribution in [3.05, 3.63) is 83.1 Å². The summed E-state index contributed by atoms with van der Waals surface area (Å²) in [6, 6.07) is 14.6. The van der Waals surface area contributed by atoms with E-state index in [9.17, 15) is 18.8 Å². The van der Waals surface area contributed by atoms with Gasteiger partial charge in [-0.1, -0.05) is 37.3 Å². The van der Waals surface area contributed by atoms with Crippen LogP contribution in [-0.2, 0) is 11.2 Å². The summed E-state index contributed by atoms with van der Waals surface area (Å²) in [5.74, 6) is -1.53. The zero-order valence-electron chi connectivity index (χ0n) is 17.3. The number of ketones is 1. The van der Waals surface area contributed by atoms with Crippen molar-refractivity contribution in [1.29, 1.82) is 5.26 Å². The summed E-state index contributed by atoms with van der Waals surface area (Å²) in [5, 5.41) is 9.48. The van der Waals surface area contributed by atoms with Gasteiger partial charge in [0.05, 0.1) is 22.5 Å². The maximum Gasteiger partial charge on any atom is 0.176 e. The monoisotopic (exact) mass is 427 g/mol. The summed E-state index contributed by atoms with van der Waals surface area (Å²) < 4.78 is 29.4. The van der Waals surface area contributed by atoms with Gasteiger partial charge in [0.15, 0.2) is 11.6 Å². The first-order valence-electron chi connectivity index (χ1n) is 10.6. The minimum absolute atomic E-state index is 0.0241. The van der Waals surface area contributed by atoms with Gasteiger partial charge in [-0.15, -0.1) is 0 Å². The Morgan fingerprint density at radius 3 is 2.31 bits per heavy atom. The summed E-state index contributed by atoms with van der Waals surface area (Å²) in [6.07, 6.45) is 2.95. The molecule has 0 amide bonds. The third kappa shape index (κ3) is 3.13. The van der Waals surface area contributed by atoms with Crippen molar-refractivity contribution in [3.63, 3.8) is 0 Å². The van der Waals surface area contributed by atoms with Crippen LogP contribution in [0.3, 0.4) is 0 Å². The van der Waals surface area contributed by atoms with Crippen LogP contribution in [0.2, 0.25) is 0 Å². The van der Waals surface area contributed by atoms with E-state index in [-0.39, 0.29) is 40.5 Å². The van der Waals surface area contributed by atoms with Gasteiger partial charge >= 0.3 is 0 Å². The van der Waals surface area contributed by atoms with Gasteiger partial charge in [-0.25, -0.2) is 18.7 Å². The SMILES string of the molecule is CC1C(=O)C(C#N)=CC2c3nc(-c4ccccc4F)nc(-c4ccccc4F)c3CCC12. The number of fused-ring (bicyclic) bond motifs is 3. The molecule has 0 saturated carbocycles. The predicted octanol–water partition coefficient (Wildman–Crippen LogP) is 5.40. The topological polar surface area (TPSA) is 66.6 Å². The number of nitriles is 1. The van der Waals surface area contributed by atoms with Crippen molar-refractivity contribution >= 4 is 5.78 Å². The van der Waals surface area contributed by atoms with Gasteiger partial charge in [0.25, 0.3) is 0 Å². The molecule has 3 atom stereocenters. The normalized spacial score (nSPS) is 21.9. The standard InChI is InChI=1S/C26H19F2N3O/c1-14-16-10-11-19-23(17-6-2-4-8-21(17)27)30-26(18-7-3-5-9-22(18)28)31-24(19)20(16)12-15(13-29)25(14)32/h2-9,12,14,16,20H,10-11H2,1H3. The first-order valence-corrected chi connectivity index (χ1v) is 10.6. The highest BCUT2D eigenvalue weighted by molar-refractivity contribution is 6.01. The lowest BCUT2D eigenvalue weighted by Crippen LogP contribution is -2.35. The lowest BCUT2D eigenvalue weighted by Gasteiger charge is -2.38. The van der Waals surface area contributed by atoms with Crippen LogP contribution in [0.5, 0.6) is 0 Å². The zero-order chi connectivity index (χ0) is 22.4. The summed E-state index contributed by atoms with van der Waals surface area (Å²) in [6.45, 7) is 1.84. The molecule has 0 N–H and O–H groups in total. The molecular weight excluding hydrogens is 408 g/mol. The largest absolute Gasteiger partial charge is 0.293 e. The fourth-order valence-corrected chi connectivity index (χ4v) is 4.91. The van der Waals surface area contributed by atoms with Gasteiger partial charge in [-0.2, -0.15) is 5.26 Å². The van der Waals surface area contributed by atoms with E-state index in [4.69, 9.17) is 4.98 Å². The van der Waals surface area contributed by atoms with Crippen LogP contribution in [0, 0.1) is 34.8 Å². The smallest absolute Gasteiger partial charge is 0.176 e. The second kappa shape index (κ2) is 7.76. The maximum absolute atomic E-state index is 14.8. The Hall–Kier alpha value is -3.72. The second-order valence-electron chi connectivity index (χ2n) is 8.29. The second-order valence-corrected chi connectivity index (χ2v) is 8.29. The molecule has 0 spiro atoms. The van der Waals surface area contributed by atoms with E-state index in [1.165, 1.54) is 12.1 Å². The number of carbonyl (C=O) groups excluding carboxylic acids is 1. The minimum Gasteiger partial charge on any atom is -0.293 e. The number of nitrogens with zero attached hydrogens (tertiary/aromatic N) is 3. The minimum atomic E-state index is -0.472. The number of hydrogen-bond acceptors (Lipinski definition) is 4. The van der Waals surface area contributed by atoms with Gasteiger partial charge < -0.3 is 0 Å². The number of aromatic nitrogens is 2. The molecule has 3 aromatic rings. The number of benzene rings is 2. The average molecular weight is 427 g/mol. The molecule has 0 bridgehead atoms. The fraction of sp³-hybridized carbons (Fsp3) is 0.231. The van der Waals surface area contributed by atoms with Crippen molar-refractivity contribution < 1.29 is 13.6 Å². The maximum atomic E-state index is 14.8. The lowest BCUT2D eigenvalue weighted by molar-refractivity contribution is -0.120. The number of allylic oxidation sites excluding steroid dienone is 2. The van der Waals surface area contributed by atoms with Crippen LogP contribution in [0.4, 0.5) is 8.78 Å². The summed E-state index contributed by atoms with van der Waals surface area (Å²) >= 11 is 0. The van der Waals surface area contributed by atoms with E-state index in [0.29, 0.717) is 29.8 Å². The van der Waals surface area contributed by atoms with Gasteiger partial charge in [0.2, 0.25) is 0 Å². The van der Waals surface area contributed by atoms with E-state index in [1.807, 2.05) is 13.0 Å². The van der Waals surface area contributed by atoms with Crippen LogP contribution >= 0.6 is 0 Å². The van der Waals surface area contributed by atoms with Crippen LogP contribution in [0.25, 0.3) is 22.6 Å². The summed E-state index contributed by atoms with van der Waals surface area (Å²) in [7, 11) is 0. The molecule has 4 nitrogen and oxygen atoms in total. The third-order valence-electron chi connectivity index (χ3n) is 6.58. The molecule has 0 radical (unpaired) electrons. The first kappa shape index (κ1) is 20.2. The van der Waals surface area contributed by atoms with Gasteiger partial charge in [0, 0.05) is 23.0 Å². The number of halogens is 2. The number of Topliss-reactive ketones (excluding diaryl/α,β-unsaturated/α-hetero) is 1. The number of rotatable bonds is 2. The summed E-state index contributed by atoms with van der Waals surface area (Å²) in [5.41, 5.74) is 2.52. The highest BCUT2D eigenvalue weighted by Crippen LogP contribution is 2.47. The molecule has 3 unspecified atom stereocenters. The van der Waals surface area contributed by atoms with Crippen molar-refractivity contribution in [3.8, 4) is 28.7 Å². The Bertz CT molecular complexity index is 1320. The zero-order valence-corrected chi connectivity index (χ0v) is 17.3. The van der Waals surface area contributed by atoms with Gasteiger partial charge in [-0.3, -0.25) is 4.79 Å².